The van der Waals surface area contributed by atoms with Crippen LogP contribution in [0.3, 0.4) is 0 Å². The molecule has 0 aromatic heterocycles. The molecule has 1 amide bonds. The topological polar surface area (TPSA) is 20.3 Å². The van der Waals surface area contributed by atoms with Crippen molar-refractivity contribution in [3.63, 3.8) is 0 Å². The van der Waals surface area contributed by atoms with Gasteiger partial charge in [0.1, 0.15) is 11.9 Å². The molecule has 1 aliphatic heterocycles. The molecule has 0 spiro atoms. The SMILES string of the molecule is O=C1N(Cc2ccccc2)[C@@H](c2ccc(F)cc2)C1(F)F. The third-order valence-corrected chi connectivity index (χ3v) is 3.58. The van der Waals surface area contributed by atoms with Gasteiger partial charge in [0.2, 0.25) is 0 Å². The minimum Gasteiger partial charge on any atom is -0.319 e. The Morgan fingerprint density at radius 3 is 2.24 bits per heavy atom. The molecular formula is C16H12F3NO. The number of hydrogen-bond acceptors (Lipinski definition) is 1. The van der Waals surface area contributed by atoms with Crippen LogP contribution in [-0.2, 0) is 11.3 Å². The van der Waals surface area contributed by atoms with Crippen molar-refractivity contribution in [1.82, 2.24) is 4.90 Å². The van der Waals surface area contributed by atoms with Crippen LogP contribution in [0, 0.1) is 5.82 Å². The van der Waals surface area contributed by atoms with Crippen LogP contribution in [0.1, 0.15) is 17.2 Å². The summed E-state index contributed by atoms with van der Waals surface area (Å²) in [6.45, 7) is 0.108. The molecule has 1 heterocycles. The van der Waals surface area contributed by atoms with E-state index >= 15 is 0 Å². The average Bonchev–Trinajstić information content (AvgIpc) is 2.49. The number of amides is 1. The smallest absolute Gasteiger partial charge is 0.319 e. The van der Waals surface area contributed by atoms with Gasteiger partial charge in [0, 0.05) is 6.54 Å². The fourth-order valence-corrected chi connectivity index (χ4v) is 2.53. The third-order valence-electron chi connectivity index (χ3n) is 3.58. The lowest BCUT2D eigenvalue weighted by Gasteiger charge is -2.46. The van der Waals surface area contributed by atoms with Crippen molar-refractivity contribution in [3.8, 4) is 0 Å². The van der Waals surface area contributed by atoms with Crippen molar-refractivity contribution < 1.29 is 18.0 Å². The highest BCUT2D eigenvalue weighted by molar-refractivity contribution is 5.91. The number of likely N-dealkylation sites (tertiary alicyclic amines) is 1. The molecule has 1 saturated heterocycles. The van der Waals surface area contributed by atoms with Gasteiger partial charge in [0.05, 0.1) is 0 Å². The first-order valence-electron chi connectivity index (χ1n) is 6.48. The van der Waals surface area contributed by atoms with Crippen LogP contribution in [0.2, 0.25) is 0 Å². The number of halogens is 3. The molecule has 2 aromatic carbocycles. The number of carbonyl (C=O) groups excluding carboxylic acids is 1. The monoisotopic (exact) mass is 291 g/mol. The summed E-state index contributed by atoms with van der Waals surface area (Å²) in [7, 11) is 0. The molecular weight excluding hydrogens is 279 g/mol. The molecule has 2 nitrogen and oxygen atoms in total. The number of carbonyl (C=O) groups is 1. The first-order chi connectivity index (χ1) is 10.00. The largest absolute Gasteiger partial charge is 0.348 e. The summed E-state index contributed by atoms with van der Waals surface area (Å²) in [6, 6.07) is 12.4. The van der Waals surface area contributed by atoms with Crippen LogP contribution in [0.5, 0.6) is 0 Å². The Kier molecular flexibility index (Phi) is 3.20. The Balaban J connectivity index is 1.89. The normalized spacial score (nSPS) is 20.2. The zero-order chi connectivity index (χ0) is 15.0. The summed E-state index contributed by atoms with van der Waals surface area (Å²) < 4.78 is 40.6. The van der Waals surface area contributed by atoms with Crippen molar-refractivity contribution in [2.75, 3.05) is 0 Å². The summed E-state index contributed by atoms with van der Waals surface area (Å²) in [6.07, 6.45) is 0. The second kappa shape index (κ2) is 4.91. The van der Waals surface area contributed by atoms with Crippen LogP contribution in [0.25, 0.3) is 0 Å². The van der Waals surface area contributed by atoms with Crippen molar-refractivity contribution >= 4 is 5.91 Å². The molecule has 0 saturated carbocycles. The maximum absolute atomic E-state index is 13.9. The summed E-state index contributed by atoms with van der Waals surface area (Å²) in [5.74, 6) is -5.13. The summed E-state index contributed by atoms with van der Waals surface area (Å²) in [5.41, 5.74) is 1.00. The highest BCUT2D eigenvalue weighted by Gasteiger charge is 2.63. The van der Waals surface area contributed by atoms with E-state index in [0.29, 0.717) is 0 Å². The van der Waals surface area contributed by atoms with Gasteiger partial charge in [-0.15, -0.1) is 0 Å². The van der Waals surface area contributed by atoms with Crippen molar-refractivity contribution in [2.45, 2.75) is 18.5 Å². The Morgan fingerprint density at radius 2 is 1.62 bits per heavy atom. The summed E-state index contributed by atoms with van der Waals surface area (Å²) >= 11 is 0. The van der Waals surface area contributed by atoms with Gasteiger partial charge >= 0.3 is 5.92 Å². The predicted molar refractivity (Wildman–Crippen MR) is 71.1 cm³/mol. The Labute approximate surface area is 119 Å². The molecule has 0 unspecified atom stereocenters. The lowest BCUT2D eigenvalue weighted by Crippen LogP contribution is -2.63. The highest BCUT2D eigenvalue weighted by Crippen LogP contribution is 2.47. The van der Waals surface area contributed by atoms with Gasteiger partial charge in [-0.25, -0.2) is 4.39 Å². The fourth-order valence-electron chi connectivity index (χ4n) is 2.53. The van der Waals surface area contributed by atoms with Gasteiger partial charge in [0.25, 0.3) is 5.91 Å². The van der Waals surface area contributed by atoms with E-state index in [4.69, 9.17) is 0 Å². The van der Waals surface area contributed by atoms with E-state index in [2.05, 4.69) is 0 Å². The fraction of sp³-hybridized carbons (Fsp3) is 0.188. The molecule has 0 N–H and O–H groups in total. The van der Waals surface area contributed by atoms with Gasteiger partial charge < -0.3 is 4.90 Å². The summed E-state index contributed by atoms with van der Waals surface area (Å²) in [4.78, 5) is 12.8. The Bertz CT molecular complexity index is 655. The van der Waals surface area contributed by atoms with E-state index in [-0.39, 0.29) is 12.1 Å². The molecule has 3 rings (SSSR count). The first kappa shape index (κ1) is 13.7. The minimum atomic E-state index is -3.44. The van der Waals surface area contributed by atoms with Crippen molar-refractivity contribution in [3.05, 3.63) is 71.5 Å². The number of β-lactam (4-membered cyclic amide) rings is 1. The molecule has 5 heteroatoms. The van der Waals surface area contributed by atoms with Gasteiger partial charge in [-0.1, -0.05) is 42.5 Å². The van der Waals surface area contributed by atoms with Gasteiger partial charge in [-0.2, -0.15) is 8.78 Å². The van der Waals surface area contributed by atoms with E-state index in [1.165, 1.54) is 12.1 Å². The molecule has 1 aliphatic rings. The zero-order valence-electron chi connectivity index (χ0n) is 11.0. The van der Waals surface area contributed by atoms with Gasteiger partial charge in [-0.3, -0.25) is 4.79 Å². The predicted octanol–water partition coefficient (Wildman–Crippen LogP) is 3.54. The lowest BCUT2D eigenvalue weighted by atomic mass is 9.89. The zero-order valence-corrected chi connectivity index (χ0v) is 11.0. The molecule has 2 aromatic rings. The van der Waals surface area contributed by atoms with E-state index in [9.17, 15) is 18.0 Å². The standard InChI is InChI=1S/C16H12F3NO/c17-13-8-6-12(7-9-13)14-16(18,19)15(21)20(14)10-11-4-2-1-3-5-11/h1-9,14H,10H2/t14-/m0/s1. The number of nitrogens with zero attached hydrogens (tertiary/aromatic N) is 1. The molecule has 21 heavy (non-hydrogen) atoms. The molecule has 108 valence electrons. The molecule has 0 aliphatic carbocycles. The van der Waals surface area contributed by atoms with Crippen LogP contribution in [-0.4, -0.2) is 16.7 Å². The average molecular weight is 291 g/mol. The van der Waals surface area contributed by atoms with Crippen LogP contribution in [0.15, 0.2) is 54.6 Å². The number of benzene rings is 2. The molecule has 1 fully saturated rings. The second-order valence-corrected chi connectivity index (χ2v) is 5.00. The van der Waals surface area contributed by atoms with E-state index < -0.39 is 23.7 Å². The third kappa shape index (κ3) is 2.28. The Morgan fingerprint density at radius 1 is 1.00 bits per heavy atom. The number of alkyl halides is 2. The van der Waals surface area contributed by atoms with Gasteiger partial charge in [-0.05, 0) is 23.3 Å². The van der Waals surface area contributed by atoms with Crippen LogP contribution >= 0.6 is 0 Å². The minimum absolute atomic E-state index is 0.108. The number of hydrogen-bond donors (Lipinski definition) is 0. The summed E-state index contributed by atoms with van der Waals surface area (Å²) in [5, 5.41) is 0. The Hall–Kier alpha value is -2.30. The molecule has 1 atom stereocenters. The van der Waals surface area contributed by atoms with E-state index in [1.54, 1.807) is 24.3 Å². The number of rotatable bonds is 3. The maximum atomic E-state index is 13.9. The van der Waals surface area contributed by atoms with Crippen LogP contribution < -0.4 is 0 Å². The molecule has 0 bridgehead atoms. The van der Waals surface area contributed by atoms with E-state index in [0.717, 1.165) is 22.6 Å². The quantitative estimate of drug-likeness (QED) is 0.792. The second-order valence-electron chi connectivity index (χ2n) is 5.00. The van der Waals surface area contributed by atoms with E-state index in [1.807, 2.05) is 6.07 Å². The lowest BCUT2D eigenvalue weighted by molar-refractivity contribution is -0.207. The molecule has 0 radical (unpaired) electrons. The van der Waals surface area contributed by atoms with Crippen LogP contribution in [0.4, 0.5) is 13.2 Å². The van der Waals surface area contributed by atoms with Crippen molar-refractivity contribution in [2.24, 2.45) is 0 Å². The first-order valence-corrected chi connectivity index (χ1v) is 6.48. The van der Waals surface area contributed by atoms with Crippen molar-refractivity contribution in [1.29, 1.82) is 0 Å². The maximum Gasteiger partial charge on any atom is 0.348 e. The highest BCUT2D eigenvalue weighted by atomic mass is 19.3. The van der Waals surface area contributed by atoms with Gasteiger partial charge in [0.15, 0.2) is 0 Å².